The third kappa shape index (κ3) is 6.05. The summed E-state index contributed by atoms with van der Waals surface area (Å²) in [6, 6.07) is 7.34. The Bertz CT molecular complexity index is 1090. The van der Waals surface area contributed by atoms with Gasteiger partial charge in [-0.05, 0) is 44.5 Å². The molecule has 11 heteroatoms. The van der Waals surface area contributed by atoms with Gasteiger partial charge < -0.3 is 14.5 Å². The van der Waals surface area contributed by atoms with Gasteiger partial charge in [-0.25, -0.2) is 22.6 Å². The number of sulfonamides is 1. The van der Waals surface area contributed by atoms with Crippen LogP contribution in [0, 0.1) is 5.82 Å². The highest BCUT2D eigenvalue weighted by atomic mass is 32.2. The number of rotatable bonds is 7. The van der Waals surface area contributed by atoms with E-state index in [9.17, 15) is 22.4 Å². The third-order valence-electron chi connectivity index (χ3n) is 5.22. The first-order chi connectivity index (χ1) is 15.7. The number of aromatic nitrogens is 1. The van der Waals surface area contributed by atoms with Crippen LogP contribution >= 0.6 is 0 Å². The number of carbonyl (C=O) groups excluding carboxylic acids is 2. The Labute approximate surface area is 192 Å². The van der Waals surface area contributed by atoms with Gasteiger partial charge in [-0.1, -0.05) is 12.1 Å². The topological polar surface area (TPSA) is 109 Å². The minimum atomic E-state index is -4.18. The lowest BCUT2D eigenvalue weighted by Crippen LogP contribution is -2.48. The van der Waals surface area contributed by atoms with E-state index in [1.807, 2.05) is 4.90 Å². The summed E-state index contributed by atoms with van der Waals surface area (Å²) in [7, 11) is -4.18. The van der Waals surface area contributed by atoms with Crippen LogP contribution in [0.25, 0.3) is 0 Å². The van der Waals surface area contributed by atoms with Crippen molar-refractivity contribution in [2.24, 2.45) is 0 Å². The van der Waals surface area contributed by atoms with Crippen LogP contribution < -0.4 is 9.62 Å². The Hall–Kier alpha value is -3.05. The second-order valence-corrected chi connectivity index (χ2v) is 9.25. The Morgan fingerprint density at radius 3 is 2.58 bits per heavy atom. The molecule has 1 saturated heterocycles. The van der Waals surface area contributed by atoms with Crippen LogP contribution in [0.5, 0.6) is 0 Å². The molecule has 1 fully saturated rings. The van der Waals surface area contributed by atoms with Gasteiger partial charge in [0.2, 0.25) is 15.9 Å². The normalized spacial score (nSPS) is 15.6. The van der Waals surface area contributed by atoms with Gasteiger partial charge in [0.1, 0.15) is 16.5 Å². The van der Waals surface area contributed by atoms with Crippen molar-refractivity contribution in [3.63, 3.8) is 0 Å². The number of anilines is 1. The highest BCUT2D eigenvalue weighted by molar-refractivity contribution is 7.89. The largest absolute Gasteiger partial charge is 0.462 e. The summed E-state index contributed by atoms with van der Waals surface area (Å²) >= 11 is 0. The number of benzene rings is 1. The number of amides is 1. The van der Waals surface area contributed by atoms with E-state index in [0.717, 1.165) is 12.1 Å². The van der Waals surface area contributed by atoms with Gasteiger partial charge in [0.15, 0.2) is 0 Å². The number of ether oxygens (including phenoxy) is 1. The molecule has 1 aliphatic rings. The van der Waals surface area contributed by atoms with Gasteiger partial charge in [0.25, 0.3) is 0 Å². The summed E-state index contributed by atoms with van der Waals surface area (Å²) in [6.07, 6.45) is 2.11. The maximum absolute atomic E-state index is 13.9. The minimum Gasteiger partial charge on any atom is -0.462 e. The molecule has 1 aromatic heterocycles. The summed E-state index contributed by atoms with van der Waals surface area (Å²) in [5.74, 6) is -1.03. The summed E-state index contributed by atoms with van der Waals surface area (Å²) in [6.45, 7) is 5.41. The van der Waals surface area contributed by atoms with Crippen molar-refractivity contribution in [1.82, 2.24) is 14.6 Å². The minimum absolute atomic E-state index is 0.283. The number of halogens is 1. The van der Waals surface area contributed by atoms with Crippen LogP contribution in [-0.4, -0.2) is 69.0 Å². The second kappa shape index (κ2) is 10.7. The van der Waals surface area contributed by atoms with Crippen LogP contribution in [0.4, 0.5) is 10.2 Å². The van der Waals surface area contributed by atoms with Crippen molar-refractivity contribution >= 4 is 27.7 Å². The van der Waals surface area contributed by atoms with E-state index in [2.05, 4.69) is 9.71 Å². The molecule has 0 bridgehead atoms. The van der Waals surface area contributed by atoms with Crippen LogP contribution in [0.1, 0.15) is 30.6 Å². The molecule has 1 atom stereocenters. The summed E-state index contributed by atoms with van der Waals surface area (Å²) in [4.78, 5) is 32.1. The first-order valence-corrected chi connectivity index (χ1v) is 12.1. The number of carbonyl (C=O) groups is 2. The zero-order valence-corrected chi connectivity index (χ0v) is 19.3. The molecule has 2 aromatic rings. The van der Waals surface area contributed by atoms with Gasteiger partial charge in [-0.15, -0.1) is 0 Å². The SMILES string of the molecule is CCOC(=O)c1ccc(N2CCCN(C(=O)[C@H](C)NS(=O)(=O)c3ccccc3F)CC2)nc1. The Kier molecular flexibility index (Phi) is 7.98. The summed E-state index contributed by atoms with van der Waals surface area (Å²) in [5, 5.41) is 0. The van der Waals surface area contributed by atoms with Crippen molar-refractivity contribution in [3.8, 4) is 0 Å². The van der Waals surface area contributed by atoms with E-state index in [0.29, 0.717) is 44.0 Å². The molecule has 0 radical (unpaired) electrons. The number of esters is 1. The maximum Gasteiger partial charge on any atom is 0.339 e. The van der Waals surface area contributed by atoms with Gasteiger partial charge in [-0.3, -0.25) is 4.79 Å². The van der Waals surface area contributed by atoms with Crippen molar-refractivity contribution < 1.29 is 27.1 Å². The van der Waals surface area contributed by atoms with E-state index < -0.39 is 32.7 Å². The average molecular weight is 479 g/mol. The molecule has 0 unspecified atom stereocenters. The molecule has 1 aliphatic heterocycles. The number of pyridine rings is 1. The Balaban J connectivity index is 1.61. The second-order valence-electron chi connectivity index (χ2n) is 7.56. The van der Waals surface area contributed by atoms with Gasteiger partial charge in [-0.2, -0.15) is 4.72 Å². The monoisotopic (exact) mass is 478 g/mol. The first kappa shape index (κ1) is 24.6. The number of nitrogens with one attached hydrogen (secondary N) is 1. The highest BCUT2D eigenvalue weighted by Gasteiger charge is 2.28. The Morgan fingerprint density at radius 1 is 1.15 bits per heavy atom. The molecule has 1 aromatic carbocycles. The molecular weight excluding hydrogens is 451 g/mol. The van der Waals surface area contributed by atoms with E-state index in [-0.39, 0.29) is 12.5 Å². The number of hydrogen-bond acceptors (Lipinski definition) is 7. The number of hydrogen-bond donors (Lipinski definition) is 1. The van der Waals surface area contributed by atoms with Crippen molar-refractivity contribution in [2.75, 3.05) is 37.7 Å². The van der Waals surface area contributed by atoms with Crippen molar-refractivity contribution in [2.45, 2.75) is 31.2 Å². The predicted molar refractivity (Wildman–Crippen MR) is 120 cm³/mol. The standard InChI is InChI=1S/C22H27FN4O5S/c1-3-32-22(29)17-9-10-20(24-15-17)26-11-6-12-27(14-13-26)21(28)16(2)25-33(30,31)19-8-5-4-7-18(19)23/h4-5,7-10,15-16,25H,3,6,11-14H2,1-2H3/t16-/m0/s1. The molecule has 33 heavy (non-hydrogen) atoms. The summed E-state index contributed by atoms with van der Waals surface area (Å²) < 4.78 is 46.1. The fraction of sp³-hybridized carbons (Fsp3) is 0.409. The molecule has 0 aliphatic carbocycles. The van der Waals surface area contributed by atoms with Crippen LogP contribution in [0.2, 0.25) is 0 Å². The molecule has 2 heterocycles. The molecule has 3 rings (SSSR count). The van der Waals surface area contributed by atoms with Gasteiger partial charge >= 0.3 is 5.97 Å². The summed E-state index contributed by atoms with van der Waals surface area (Å²) in [5.41, 5.74) is 0.364. The predicted octanol–water partition coefficient (Wildman–Crippen LogP) is 1.80. The lowest BCUT2D eigenvalue weighted by Gasteiger charge is -2.25. The molecule has 178 valence electrons. The van der Waals surface area contributed by atoms with Crippen LogP contribution in [0.3, 0.4) is 0 Å². The average Bonchev–Trinajstić information content (AvgIpc) is 3.05. The quantitative estimate of drug-likeness (QED) is 0.605. The van der Waals surface area contributed by atoms with E-state index in [4.69, 9.17) is 4.74 Å². The maximum atomic E-state index is 13.9. The fourth-order valence-electron chi connectivity index (χ4n) is 3.56. The van der Waals surface area contributed by atoms with E-state index in [1.54, 1.807) is 24.0 Å². The van der Waals surface area contributed by atoms with Crippen LogP contribution in [0.15, 0.2) is 47.5 Å². The molecule has 1 amide bonds. The zero-order chi connectivity index (χ0) is 24.0. The third-order valence-corrected chi connectivity index (χ3v) is 6.79. The molecule has 0 spiro atoms. The van der Waals surface area contributed by atoms with Gasteiger partial charge in [0.05, 0.1) is 18.2 Å². The van der Waals surface area contributed by atoms with Crippen molar-refractivity contribution in [3.05, 3.63) is 54.0 Å². The van der Waals surface area contributed by atoms with E-state index in [1.165, 1.54) is 25.3 Å². The fourth-order valence-corrected chi connectivity index (χ4v) is 4.83. The molecule has 9 nitrogen and oxygen atoms in total. The lowest BCUT2D eigenvalue weighted by atomic mass is 10.2. The molecule has 0 saturated carbocycles. The zero-order valence-electron chi connectivity index (χ0n) is 18.5. The lowest BCUT2D eigenvalue weighted by molar-refractivity contribution is -0.132. The van der Waals surface area contributed by atoms with E-state index >= 15 is 0 Å². The number of nitrogens with zero attached hydrogens (tertiary/aromatic N) is 3. The van der Waals surface area contributed by atoms with Gasteiger partial charge in [0, 0.05) is 32.4 Å². The first-order valence-electron chi connectivity index (χ1n) is 10.7. The van der Waals surface area contributed by atoms with Crippen molar-refractivity contribution in [1.29, 1.82) is 0 Å². The highest BCUT2D eigenvalue weighted by Crippen LogP contribution is 2.17. The molecular formula is C22H27FN4O5S. The smallest absolute Gasteiger partial charge is 0.339 e. The molecule has 1 N–H and O–H groups in total. The Morgan fingerprint density at radius 2 is 1.91 bits per heavy atom. The van der Waals surface area contributed by atoms with Crippen LogP contribution in [-0.2, 0) is 19.6 Å².